The van der Waals surface area contributed by atoms with Crippen LogP contribution in [-0.2, 0) is 19.1 Å². The summed E-state index contributed by atoms with van der Waals surface area (Å²) in [5, 5.41) is 9.32. The van der Waals surface area contributed by atoms with E-state index in [-0.39, 0.29) is 12.5 Å². The van der Waals surface area contributed by atoms with Gasteiger partial charge in [-0.15, -0.1) is 6.58 Å². The van der Waals surface area contributed by atoms with Crippen LogP contribution < -0.4 is 4.74 Å². The van der Waals surface area contributed by atoms with Crippen molar-refractivity contribution in [3.8, 4) is 11.8 Å². The fraction of sp³-hybridized carbons (Fsp3) is 0.409. The number of carbonyl (C=O) groups excluding carboxylic acids is 2. The summed E-state index contributed by atoms with van der Waals surface area (Å²) in [7, 11) is 0. The van der Waals surface area contributed by atoms with Crippen molar-refractivity contribution in [3.05, 3.63) is 53.8 Å². The van der Waals surface area contributed by atoms with E-state index >= 15 is 0 Å². The molecule has 0 spiro atoms. The molecular formula is C22H24N2O5. The Bertz CT molecular complexity index is 912. The Balaban J connectivity index is 2.01. The van der Waals surface area contributed by atoms with Gasteiger partial charge in [0.2, 0.25) is 0 Å². The molecule has 3 rings (SSSR count). The van der Waals surface area contributed by atoms with E-state index in [9.17, 15) is 14.9 Å². The summed E-state index contributed by atoms with van der Waals surface area (Å²) in [5.41, 5.74) is 0.175. The minimum atomic E-state index is -0.885. The molecule has 2 aliphatic rings. The maximum absolute atomic E-state index is 12.8. The molecule has 0 saturated carbocycles. The number of carbonyl (C=O) groups is 2. The molecule has 1 aromatic carbocycles. The quantitative estimate of drug-likeness (QED) is 0.417. The molecule has 0 fully saturated rings. The maximum atomic E-state index is 12.8. The summed E-state index contributed by atoms with van der Waals surface area (Å²) in [6, 6.07) is 6.53. The van der Waals surface area contributed by atoms with Crippen LogP contribution in [0, 0.1) is 11.3 Å². The van der Waals surface area contributed by atoms with E-state index in [0.29, 0.717) is 35.7 Å². The Morgan fingerprint density at radius 1 is 1.48 bits per heavy atom. The van der Waals surface area contributed by atoms with Gasteiger partial charge in [-0.1, -0.05) is 6.08 Å². The minimum absolute atomic E-state index is 0.241. The highest BCUT2D eigenvalue weighted by molar-refractivity contribution is 5.91. The summed E-state index contributed by atoms with van der Waals surface area (Å²) >= 11 is 0. The molecule has 0 unspecified atom stereocenters. The SMILES string of the molecule is C=CCCOC1=CC(=O)N([C@H]2c3cc(C#N)ccc3OC(C)(C)[C@@H]2OC(C)=O)C1. The molecule has 2 aliphatic heterocycles. The van der Waals surface area contributed by atoms with Gasteiger partial charge >= 0.3 is 5.97 Å². The van der Waals surface area contributed by atoms with Crippen LogP contribution in [0.3, 0.4) is 0 Å². The zero-order valence-electron chi connectivity index (χ0n) is 16.8. The van der Waals surface area contributed by atoms with Gasteiger partial charge in [0.25, 0.3) is 5.91 Å². The minimum Gasteiger partial charge on any atom is -0.496 e. The monoisotopic (exact) mass is 396 g/mol. The molecule has 0 radical (unpaired) electrons. The number of esters is 1. The van der Waals surface area contributed by atoms with Crippen molar-refractivity contribution in [2.45, 2.75) is 44.9 Å². The molecule has 0 aromatic heterocycles. The zero-order chi connectivity index (χ0) is 21.2. The number of rotatable bonds is 6. The maximum Gasteiger partial charge on any atom is 0.303 e. The lowest BCUT2D eigenvalue weighted by Gasteiger charge is -2.46. The Morgan fingerprint density at radius 3 is 2.90 bits per heavy atom. The summed E-state index contributed by atoms with van der Waals surface area (Å²) < 4.78 is 17.4. The second-order valence-corrected chi connectivity index (χ2v) is 7.55. The van der Waals surface area contributed by atoms with Crippen LogP contribution >= 0.6 is 0 Å². The normalized spacial score (nSPS) is 22.1. The van der Waals surface area contributed by atoms with E-state index in [1.165, 1.54) is 13.0 Å². The van der Waals surface area contributed by atoms with Gasteiger partial charge in [0.1, 0.15) is 23.2 Å². The van der Waals surface area contributed by atoms with Gasteiger partial charge in [-0.25, -0.2) is 0 Å². The molecule has 0 N–H and O–H groups in total. The second kappa shape index (κ2) is 8.00. The average Bonchev–Trinajstić information content (AvgIpc) is 3.02. The largest absolute Gasteiger partial charge is 0.496 e. The first kappa shape index (κ1) is 20.5. The number of hydrogen-bond donors (Lipinski definition) is 0. The van der Waals surface area contributed by atoms with Crippen molar-refractivity contribution in [2.24, 2.45) is 0 Å². The third-order valence-electron chi connectivity index (χ3n) is 4.93. The number of hydrogen-bond acceptors (Lipinski definition) is 6. The third kappa shape index (κ3) is 4.11. The lowest BCUT2D eigenvalue weighted by atomic mass is 9.84. The summed E-state index contributed by atoms with van der Waals surface area (Å²) in [6.07, 6.45) is 3.10. The molecule has 1 aromatic rings. The Kier molecular flexibility index (Phi) is 5.64. The lowest BCUT2D eigenvalue weighted by molar-refractivity contribution is -0.171. The molecule has 2 heterocycles. The topological polar surface area (TPSA) is 88.9 Å². The van der Waals surface area contributed by atoms with Gasteiger partial charge < -0.3 is 19.1 Å². The van der Waals surface area contributed by atoms with Gasteiger partial charge in [0.15, 0.2) is 6.10 Å². The number of amides is 1. The molecule has 7 nitrogen and oxygen atoms in total. The van der Waals surface area contributed by atoms with E-state index in [1.54, 1.807) is 29.2 Å². The molecule has 7 heteroatoms. The van der Waals surface area contributed by atoms with Gasteiger partial charge in [0, 0.05) is 18.6 Å². The van der Waals surface area contributed by atoms with Crippen molar-refractivity contribution >= 4 is 11.9 Å². The van der Waals surface area contributed by atoms with Gasteiger partial charge in [-0.05, 0) is 38.5 Å². The van der Waals surface area contributed by atoms with Crippen LogP contribution in [-0.4, -0.2) is 41.6 Å². The van der Waals surface area contributed by atoms with Gasteiger partial charge in [-0.3, -0.25) is 9.59 Å². The van der Waals surface area contributed by atoms with Crippen molar-refractivity contribution < 1.29 is 23.8 Å². The number of nitrogens with zero attached hydrogens (tertiary/aromatic N) is 2. The van der Waals surface area contributed by atoms with E-state index in [0.717, 1.165) is 0 Å². The highest BCUT2D eigenvalue weighted by atomic mass is 16.6. The Labute approximate surface area is 170 Å². The fourth-order valence-corrected chi connectivity index (χ4v) is 3.65. The van der Waals surface area contributed by atoms with E-state index in [2.05, 4.69) is 12.6 Å². The summed E-state index contributed by atoms with van der Waals surface area (Å²) in [4.78, 5) is 26.3. The van der Waals surface area contributed by atoms with Crippen molar-refractivity contribution in [2.75, 3.05) is 13.2 Å². The molecule has 2 atom stereocenters. The van der Waals surface area contributed by atoms with Crippen LogP contribution in [0.15, 0.2) is 42.7 Å². The second-order valence-electron chi connectivity index (χ2n) is 7.55. The van der Waals surface area contributed by atoms with Gasteiger partial charge in [0.05, 0.1) is 24.8 Å². The number of nitriles is 1. The Morgan fingerprint density at radius 2 is 2.24 bits per heavy atom. The summed E-state index contributed by atoms with van der Waals surface area (Å²) in [6.45, 7) is 9.27. The highest BCUT2D eigenvalue weighted by Crippen LogP contribution is 2.45. The first-order valence-corrected chi connectivity index (χ1v) is 9.42. The molecule has 152 valence electrons. The van der Waals surface area contributed by atoms with Crippen molar-refractivity contribution in [1.82, 2.24) is 4.90 Å². The Hall–Kier alpha value is -3.27. The summed E-state index contributed by atoms with van der Waals surface area (Å²) in [5.74, 6) is 0.377. The first-order valence-electron chi connectivity index (χ1n) is 9.42. The predicted molar refractivity (Wildman–Crippen MR) is 105 cm³/mol. The number of ether oxygens (including phenoxy) is 3. The van der Waals surface area contributed by atoms with Gasteiger partial charge in [-0.2, -0.15) is 5.26 Å². The molecular weight excluding hydrogens is 372 g/mol. The average molecular weight is 396 g/mol. The van der Waals surface area contributed by atoms with Crippen LogP contribution in [0.5, 0.6) is 5.75 Å². The molecule has 0 saturated heterocycles. The van der Waals surface area contributed by atoms with Crippen molar-refractivity contribution in [3.63, 3.8) is 0 Å². The third-order valence-corrected chi connectivity index (χ3v) is 4.93. The van der Waals surface area contributed by atoms with E-state index in [4.69, 9.17) is 14.2 Å². The molecule has 1 amide bonds. The lowest BCUT2D eigenvalue weighted by Crippen LogP contribution is -2.55. The smallest absolute Gasteiger partial charge is 0.303 e. The van der Waals surface area contributed by atoms with Crippen LogP contribution in [0.2, 0.25) is 0 Å². The number of fused-ring (bicyclic) bond motifs is 1. The standard InChI is InChI=1S/C22H24N2O5/c1-5-6-9-27-16-11-19(26)24(13-16)20-17-10-15(12-23)7-8-18(17)29-22(3,4)21(20)28-14(2)25/h5,7-8,10-11,20-21H,1,6,9,13H2,2-4H3/t20-,21+/m0/s1. The van der Waals surface area contributed by atoms with E-state index in [1.807, 2.05) is 13.8 Å². The van der Waals surface area contributed by atoms with Crippen LogP contribution in [0.1, 0.15) is 44.4 Å². The molecule has 0 bridgehead atoms. The molecule has 0 aliphatic carbocycles. The van der Waals surface area contributed by atoms with Crippen LogP contribution in [0.4, 0.5) is 0 Å². The predicted octanol–water partition coefficient (Wildman–Crippen LogP) is 3.02. The van der Waals surface area contributed by atoms with E-state index < -0.39 is 23.7 Å². The first-order chi connectivity index (χ1) is 13.8. The highest BCUT2D eigenvalue weighted by Gasteiger charge is 2.50. The molecule has 29 heavy (non-hydrogen) atoms. The zero-order valence-corrected chi connectivity index (χ0v) is 16.8. The van der Waals surface area contributed by atoms with Crippen molar-refractivity contribution in [1.29, 1.82) is 5.26 Å². The fourth-order valence-electron chi connectivity index (χ4n) is 3.65. The van der Waals surface area contributed by atoms with Crippen LogP contribution in [0.25, 0.3) is 0 Å². The number of benzene rings is 1.